The number of hydrogen-bond donors (Lipinski definition) is 0. The number of halogens is 1. The Bertz CT molecular complexity index is 40.2. The molecule has 26 valence electrons. The highest BCUT2D eigenvalue weighted by Gasteiger charge is 2.27. The minimum Gasteiger partial charge on any atom is -0.0896 e. The Morgan fingerprint density at radius 2 is 2.00 bits per heavy atom. The van der Waals surface area contributed by atoms with Crippen LogP contribution < -0.4 is 0 Å². The van der Waals surface area contributed by atoms with E-state index >= 15 is 0 Å². The largest absolute Gasteiger partial charge is 0.0896 e. The predicted molar refractivity (Wildman–Crippen MR) is 26.8 cm³/mol. The molecule has 1 saturated carbocycles. The molecule has 0 aliphatic heterocycles. The van der Waals surface area contributed by atoms with Crippen molar-refractivity contribution in [1.82, 2.24) is 0 Å². The molecule has 0 bridgehead atoms. The molecule has 0 nitrogen and oxygen atoms in total. The Morgan fingerprint density at radius 1 is 1.80 bits per heavy atom. The molecule has 0 N–H and O–H groups in total. The van der Waals surface area contributed by atoms with Gasteiger partial charge in [0, 0.05) is 4.83 Å². The third kappa shape index (κ3) is 0.687. The van der Waals surface area contributed by atoms with Crippen LogP contribution in [0.15, 0.2) is 0 Å². The second kappa shape index (κ2) is 1.00. The molecule has 0 saturated heterocycles. The van der Waals surface area contributed by atoms with Crippen LogP contribution in [0.2, 0.25) is 5.82 Å². The van der Waals surface area contributed by atoms with Gasteiger partial charge in [0.1, 0.15) is 0 Å². The average molecular weight is 131 g/mol. The average Bonchev–Trinajstić information content (AvgIpc) is 1.79. The van der Waals surface area contributed by atoms with Crippen LogP contribution in [0.3, 0.4) is 0 Å². The van der Waals surface area contributed by atoms with E-state index in [1.54, 1.807) is 0 Å². The van der Waals surface area contributed by atoms with Crippen molar-refractivity contribution < 1.29 is 0 Å². The van der Waals surface area contributed by atoms with Gasteiger partial charge in [0.05, 0.1) is 7.85 Å². The summed E-state index contributed by atoms with van der Waals surface area (Å²) in [6.07, 6.45) is 1.17. The van der Waals surface area contributed by atoms with Gasteiger partial charge < -0.3 is 0 Å². The minimum absolute atomic E-state index is 0.468. The lowest BCUT2D eigenvalue weighted by atomic mass is 10.0. The van der Waals surface area contributed by atoms with Gasteiger partial charge in [-0.15, -0.1) is 0 Å². The third-order valence-corrected chi connectivity index (χ3v) is 1.81. The highest BCUT2D eigenvalue weighted by Crippen LogP contribution is 2.40. The Kier molecular flexibility index (Phi) is 0.748. The first kappa shape index (κ1) is 3.73. The van der Waals surface area contributed by atoms with Crippen LogP contribution >= 0.6 is 15.9 Å². The van der Waals surface area contributed by atoms with E-state index < -0.39 is 0 Å². The van der Waals surface area contributed by atoms with Crippen molar-refractivity contribution in [3.05, 3.63) is 0 Å². The molecule has 5 heavy (non-hydrogen) atoms. The first-order valence-electron chi connectivity index (χ1n) is 1.70. The summed E-state index contributed by atoms with van der Waals surface area (Å²) >= 11 is 3.32. The van der Waals surface area contributed by atoms with E-state index in [1.807, 2.05) is 0 Å². The molecule has 0 aromatic rings. The van der Waals surface area contributed by atoms with Gasteiger partial charge in [-0.2, -0.15) is 0 Å². The molecule has 1 aliphatic rings. The summed E-state index contributed by atoms with van der Waals surface area (Å²) < 4.78 is 0. The van der Waals surface area contributed by atoms with Crippen molar-refractivity contribution in [1.29, 1.82) is 0 Å². The maximum absolute atomic E-state index is 5.32. The van der Waals surface area contributed by atoms with Gasteiger partial charge in [-0.05, 0) is 6.42 Å². The van der Waals surface area contributed by atoms with E-state index in [9.17, 15) is 0 Å². The van der Waals surface area contributed by atoms with Gasteiger partial charge in [-0.3, -0.25) is 0 Å². The zero-order chi connectivity index (χ0) is 3.86. The molecular formula is C3H4BBr. The summed E-state index contributed by atoms with van der Waals surface area (Å²) in [6, 6.07) is 0. The summed E-state index contributed by atoms with van der Waals surface area (Å²) in [4.78, 5) is 0.641. The van der Waals surface area contributed by atoms with Crippen LogP contribution in [-0.2, 0) is 0 Å². The van der Waals surface area contributed by atoms with Gasteiger partial charge in [0.25, 0.3) is 0 Å². The van der Waals surface area contributed by atoms with E-state index in [2.05, 4.69) is 15.9 Å². The third-order valence-electron chi connectivity index (χ3n) is 0.759. The van der Waals surface area contributed by atoms with Crippen molar-refractivity contribution in [2.45, 2.75) is 17.1 Å². The Hall–Kier alpha value is 0.545. The minimum atomic E-state index is 0.468. The van der Waals surface area contributed by atoms with Crippen molar-refractivity contribution in [2.24, 2.45) is 0 Å². The molecular weight excluding hydrogens is 127 g/mol. The van der Waals surface area contributed by atoms with Crippen molar-refractivity contribution in [3.63, 3.8) is 0 Å². The van der Waals surface area contributed by atoms with Crippen LogP contribution in [0.25, 0.3) is 0 Å². The fourth-order valence-electron chi connectivity index (χ4n) is 0.181. The Morgan fingerprint density at radius 3 is 2.00 bits per heavy atom. The highest BCUT2D eigenvalue weighted by molar-refractivity contribution is 9.09. The fraction of sp³-hybridized carbons (Fsp3) is 1.00. The first-order chi connectivity index (χ1) is 2.30. The molecule has 1 rings (SSSR count). The molecule has 2 unspecified atom stereocenters. The van der Waals surface area contributed by atoms with Crippen molar-refractivity contribution >= 4 is 23.8 Å². The fourth-order valence-corrected chi connectivity index (χ4v) is 0.613. The quantitative estimate of drug-likeness (QED) is 0.341. The molecule has 0 spiro atoms. The standard InChI is InChI=1S/C3H4BBr/c4-2-1-3(2)5/h2-3H,1H2. The highest BCUT2D eigenvalue weighted by atomic mass is 79.9. The second-order valence-corrected chi connectivity index (χ2v) is 2.59. The monoisotopic (exact) mass is 130 g/mol. The van der Waals surface area contributed by atoms with Crippen LogP contribution in [0, 0.1) is 0 Å². The van der Waals surface area contributed by atoms with Crippen LogP contribution in [0.4, 0.5) is 0 Å². The molecule has 2 radical (unpaired) electrons. The zero-order valence-corrected chi connectivity index (χ0v) is 4.40. The first-order valence-corrected chi connectivity index (χ1v) is 2.62. The topological polar surface area (TPSA) is 0 Å². The molecule has 1 fully saturated rings. The summed E-state index contributed by atoms with van der Waals surface area (Å²) in [5, 5.41) is 0. The van der Waals surface area contributed by atoms with Crippen molar-refractivity contribution in [3.8, 4) is 0 Å². The second-order valence-electron chi connectivity index (χ2n) is 1.42. The SMILES string of the molecule is [B]C1CC1Br. The normalized spacial score (nSPS) is 49.0. The van der Waals surface area contributed by atoms with Crippen LogP contribution in [0.1, 0.15) is 6.42 Å². The van der Waals surface area contributed by atoms with Gasteiger partial charge in [-0.1, -0.05) is 21.7 Å². The van der Waals surface area contributed by atoms with Crippen LogP contribution in [0.5, 0.6) is 0 Å². The smallest absolute Gasteiger partial charge is 0.0715 e. The van der Waals surface area contributed by atoms with E-state index in [1.165, 1.54) is 6.42 Å². The van der Waals surface area contributed by atoms with Gasteiger partial charge in [-0.25, -0.2) is 0 Å². The van der Waals surface area contributed by atoms with Gasteiger partial charge in [0.2, 0.25) is 0 Å². The molecule has 0 amide bonds. The number of rotatable bonds is 0. The number of alkyl halides is 1. The summed E-state index contributed by atoms with van der Waals surface area (Å²) in [5.74, 6) is 0.468. The van der Waals surface area contributed by atoms with E-state index in [0.29, 0.717) is 10.6 Å². The molecule has 2 atom stereocenters. The van der Waals surface area contributed by atoms with E-state index in [-0.39, 0.29) is 0 Å². The predicted octanol–water partition coefficient (Wildman–Crippen LogP) is 1.11. The Balaban J connectivity index is 2.20. The van der Waals surface area contributed by atoms with Crippen molar-refractivity contribution in [2.75, 3.05) is 0 Å². The van der Waals surface area contributed by atoms with E-state index in [4.69, 9.17) is 7.85 Å². The molecule has 0 aromatic heterocycles. The van der Waals surface area contributed by atoms with Gasteiger partial charge in [0.15, 0.2) is 0 Å². The molecule has 2 heteroatoms. The molecule has 0 heterocycles. The molecule has 0 aromatic carbocycles. The van der Waals surface area contributed by atoms with Crippen LogP contribution in [-0.4, -0.2) is 12.7 Å². The lowest BCUT2D eigenvalue weighted by Gasteiger charge is -1.64. The summed E-state index contributed by atoms with van der Waals surface area (Å²) in [5.41, 5.74) is 0. The summed E-state index contributed by atoms with van der Waals surface area (Å²) in [7, 11) is 5.32. The Labute approximate surface area is 41.5 Å². The van der Waals surface area contributed by atoms with E-state index in [0.717, 1.165) is 0 Å². The lowest BCUT2D eigenvalue weighted by molar-refractivity contribution is 1.48. The zero-order valence-electron chi connectivity index (χ0n) is 2.82. The van der Waals surface area contributed by atoms with Gasteiger partial charge >= 0.3 is 0 Å². The lowest BCUT2D eigenvalue weighted by Crippen LogP contribution is -1.61. The summed E-state index contributed by atoms with van der Waals surface area (Å²) in [6.45, 7) is 0. The maximum Gasteiger partial charge on any atom is 0.0715 e. The maximum atomic E-state index is 5.32. The number of hydrogen-bond acceptors (Lipinski definition) is 0. The molecule has 1 aliphatic carbocycles.